The van der Waals surface area contributed by atoms with Crippen molar-refractivity contribution in [3.8, 4) is 28.8 Å². The molecular formula is C54H65F5N10O7S. The number of sulfonamides is 1. The normalized spacial score (nSPS) is 15.8. The van der Waals surface area contributed by atoms with Crippen LogP contribution in [0.25, 0.3) is 22.2 Å². The second kappa shape index (κ2) is 25.7. The Morgan fingerprint density at radius 2 is 1.60 bits per heavy atom. The molecule has 1 saturated heterocycles. The minimum Gasteiger partial charge on any atom is -0.484 e. The van der Waals surface area contributed by atoms with E-state index < -0.39 is 92.3 Å². The third kappa shape index (κ3) is 15.0. The number of nitrogens with two attached hydrogens (primary N) is 1. The molecule has 5 atom stereocenters. The number of ether oxygens (including phenoxy) is 1. The van der Waals surface area contributed by atoms with E-state index >= 15 is 0 Å². The van der Waals surface area contributed by atoms with Gasteiger partial charge in [0.2, 0.25) is 23.6 Å². The zero-order chi connectivity index (χ0) is 56.4. The highest BCUT2D eigenvalue weighted by atomic mass is 32.2. The summed E-state index contributed by atoms with van der Waals surface area (Å²) in [5, 5.41) is 16.0. The number of nitrogens with zero attached hydrogens (tertiary/aromatic N) is 4. The highest BCUT2D eigenvalue weighted by Gasteiger charge is 2.46. The lowest BCUT2D eigenvalue weighted by molar-refractivity contribution is -0.143. The van der Waals surface area contributed by atoms with E-state index in [1.807, 2.05) is 4.72 Å². The number of hydrogen-bond acceptors (Lipinski definition) is 11. The van der Waals surface area contributed by atoms with Crippen LogP contribution in [0.15, 0.2) is 66.9 Å². The van der Waals surface area contributed by atoms with E-state index in [1.54, 1.807) is 59.6 Å². The molecule has 6 rings (SSSR count). The Morgan fingerprint density at radius 3 is 2.25 bits per heavy atom. The Hall–Kier alpha value is -7.32. The van der Waals surface area contributed by atoms with Gasteiger partial charge in [-0.15, -0.1) is 0 Å². The van der Waals surface area contributed by atoms with E-state index in [1.165, 1.54) is 47.4 Å². The minimum absolute atomic E-state index is 0.0282. The van der Waals surface area contributed by atoms with Crippen molar-refractivity contribution >= 4 is 61.7 Å². The number of alkyl halides is 2. The van der Waals surface area contributed by atoms with E-state index in [0.717, 1.165) is 50.3 Å². The number of likely N-dealkylation sites (tertiary alicyclic amines) is 1. The number of para-hydroxylation sites is 1. The summed E-state index contributed by atoms with van der Waals surface area (Å²) < 4.78 is 104. The van der Waals surface area contributed by atoms with E-state index in [0.29, 0.717) is 46.1 Å². The molecule has 17 nitrogen and oxygen atoms in total. The van der Waals surface area contributed by atoms with Crippen molar-refractivity contribution in [3.63, 3.8) is 0 Å². The van der Waals surface area contributed by atoms with Gasteiger partial charge >= 0.3 is 5.76 Å². The van der Waals surface area contributed by atoms with Crippen molar-refractivity contribution in [1.82, 2.24) is 35.6 Å². The van der Waals surface area contributed by atoms with Crippen LogP contribution in [-0.2, 0) is 36.2 Å². The number of likely N-dealkylation sites (N-methyl/N-ethyl adjacent to an activating group) is 1. The first kappa shape index (κ1) is 58.9. The molecule has 0 bridgehead atoms. The summed E-state index contributed by atoms with van der Waals surface area (Å²) in [6, 6.07) is 9.17. The molecule has 0 aliphatic carbocycles. The summed E-state index contributed by atoms with van der Waals surface area (Å²) in [6.07, 6.45) is 6.25. The number of aryl methyl sites for hydroxylation is 1. The molecule has 2 aromatic heterocycles. The molecular weight excluding hydrogens is 1030 g/mol. The van der Waals surface area contributed by atoms with Crippen molar-refractivity contribution < 1.29 is 54.3 Å². The highest BCUT2D eigenvalue weighted by Crippen LogP contribution is 2.39. The first-order valence-corrected chi connectivity index (χ1v) is 26.7. The predicted molar refractivity (Wildman–Crippen MR) is 283 cm³/mol. The molecule has 5 aromatic rings. The van der Waals surface area contributed by atoms with Crippen LogP contribution < -0.4 is 36.5 Å². The summed E-state index contributed by atoms with van der Waals surface area (Å²) in [5.74, 6) is -1.93. The quantitative estimate of drug-likeness (QED) is 0.0220. The van der Waals surface area contributed by atoms with Gasteiger partial charge < -0.3 is 36.6 Å². The van der Waals surface area contributed by atoms with E-state index in [9.17, 15) is 49.5 Å². The van der Waals surface area contributed by atoms with E-state index in [4.69, 9.17) is 10.5 Å². The average Bonchev–Trinajstić information content (AvgIpc) is 4.02. The predicted octanol–water partition coefficient (Wildman–Crippen LogP) is 8.07. The van der Waals surface area contributed by atoms with Crippen LogP contribution >= 0.6 is 0 Å². The number of carbonyl (C=O) groups excluding carboxylic acids is 4. The molecule has 3 heterocycles. The molecule has 4 unspecified atom stereocenters. The summed E-state index contributed by atoms with van der Waals surface area (Å²) in [7, 11) is -1.79. The van der Waals surface area contributed by atoms with Crippen LogP contribution in [-0.4, -0.2) is 95.2 Å². The highest BCUT2D eigenvalue weighted by molar-refractivity contribution is 7.93. The number of hydrogen-bond donors (Lipinski definition) is 6. The van der Waals surface area contributed by atoms with Gasteiger partial charge in [0.05, 0.1) is 28.2 Å². The smallest absolute Gasteiger partial charge is 0.355 e. The fourth-order valence-corrected chi connectivity index (χ4v) is 9.37. The van der Waals surface area contributed by atoms with Gasteiger partial charge in [0.15, 0.2) is 0 Å². The molecule has 0 spiro atoms. The van der Waals surface area contributed by atoms with Crippen molar-refractivity contribution in [2.75, 3.05) is 29.4 Å². The molecule has 77 heavy (non-hydrogen) atoms. The lowest BCUT2D eigenvalue weighted by Gasteiger charge is -2.36. The molecule has 414 valence electrons. The standard InChI is InChI=1S/C54H65F5N10O7S/c1-31(61-6)50(71)65-48(54(3,4)5)52(73)69-30-37(28-41(69)51(72)64-46-38(56)18-16-19-39(46)57)63-43(70)20-15-13-11-9-8-10-12-14-17-35-29-62-49(60)44-45(66-68(7)47(35)44)34-23-26-40(67-77(74,75)53(58)59)42(27-34)76-32(2)33-21-24-36(55)25-22-33/h16,18-19,21-27,29,31-32,37,41,48,53,61,67H,8-13,15,20,28,30H2,1-7H3,(H2,60,62)(H,63,70)(H,64,72)(H,65,71)/t31?,32?,37?,41-,48?/m0/s1. The number of unbranched alkanes of at least 4 members (excludes halogenated alkanes) is 6. The number of benzene rings is 3. The molecule has 7 N–H and O–H groups in total. The number of carbonyl (C=O) groups is 4. The molecule has 0 saturated carbocycles. The number of amides is 4. The fourth-order valence-electron chi connectivity index (χ4n) is 8.80. The van der Waals surface area contributed by atoms with Crippen molar-refractivity contribution in [2.45, 2.75) is 128 Å². The lowest BCUT2D eigenvalue weighted by atomic mass is 9.85. The molecule has 0 radical (unpaired) electrons. The largest absolute Gasteiger partial charge is 0.484 e. The van der Waals surface area contributed by atoms with Gasteiger partial charge in [-0.05, 0) is 87.5 Å². The number of nitrogens with one attached hydrogen (secondary N) is 5. The van der Waals surface area contributed by atoms with Gasteiger partial charge in [-0.25, -0.2) is 26.6 Å². The van der Waals surface area contributed by atoms with Gasteiger partial charge in [-0.1, -0.05) is 82.6 Å². The summed E-state index contributed by atoms with van der Waals surface area (Å²) in [5.41, 5.74) is 7.07. The first-order chi connectivity index (χ1) is 36.4. The molecule has 1 aliphatic heterocycles. The van der Waals surface area contributed by atoms with Gasteiger partial charge in [-0.3, -0.25) is 28.6 Å². The summed E-state index contributed by atoms with van der Waals surface area (Å²) >= 11 is 0. The number of rotatable bonds is 22. The Labute approximate surface area is 444 Å². The van der Waals surface area contributed by atoms with Crippen LogP contribution in [0.5, 0.6) is 5.75 Å². The minimum atomic E-state index is -5.08. The SMILES string of the molecule is CNC(C)C(=O)NC(C(=O)N1CC(NC(=O)CCCCCCCCC#Cc2cnc(N)c3c(-c4ccc(NS(=O)(=O)C(F)F)c(OC(C)c5ccc(F)cc5)c4)nn(C)c23)C[C@H]1C(=O)Nc1c(F)cccc1F)C(C)(C)C. The number of fused-ring (bicyclic) bond motifs is 1. The van der Waals surface area contributed by atoms with Crippen LogP contribution in [0.3, 0.4) is 0 Å². The Balaban J connectivity index is 1.02. The van der Waals surface area contributed by atoms with Gasteiger partial charge in [0, 0.05) is 44.2 Å². The molecule has 1 aliphatic rings. The second-order valence-electron chi connectivity index (χ2n) is 20.0. The van der Waals surface area contributed by atoms with Crippen LogP contribution in [0, 0.1) is 34.7 Å². The monoisotopic (exact) mass is 1090 g/mol. The number of halogens is 5. The molecule has 3 aromatic carbocycles. The second-order valence-corrected chi connectivity index (χ2v) is 21.7. The zero-order valence-electron chi connectivity index (χ0n) is 43.9. The third-order valence-corrected chi connectivity index (χ3v) is 14.1. The van der Waals surface area contributed by atoms with Crippen LogP contribution in [0.1, 0.15) is 110 Å². The molecule has 1 fully saturated rings. The van der Waals surface area contributed by atoms with Gasteiger partial charge in [0.1, 0.15) is 58.6 Å². The lowest BCUT2D eigenvalue weighted by Crippen LogP contribution is -2.59. The molecule has 23 heteroatoms. The number of anilines is 3. The number of nitrogen functional groups attached to an aromatic ring is 1. The summed E-state index contributed by atoms with van der Waals surface area (Å²) in [6.45, 7) is 8.46. The van der Waals surface area contributed by atoms with Crippen LogP contribution in [0.4, 0.5) is 39.1 Å². The first-order valence-electron chi connectivity index (χ1n) is 25.2. The van der Waals surface area contributed by atoms with Crippen LogP contribution in [0.2, 0.25) is 0 Å². The van der Waals surface area contributed by atoms with E-state index in [2.05, 4.69) is 43.2 Å². The maximum atomic E-state index is 14.6. The maximum absolute atomic E-state index is 14.6. The Bertz CT molecular complexity index is 3100. The molecule has 4 amide bonds. The number of aromatic nitrogens is 3. The zero-order valence-corrected chi connectivity index (χ0v) is 44.7. The average molecular weight is 1090 g/mol. The topological polar surface area (TPSA) is 232 Å². The van der Waals surface area contributed by atoms with Crippen molar-refractivity contribution in [1.29, 1.82) is 0 Å². The fraction of sp³-hybridized carbons (Fsp3) is 0.444. The third-order valence-electron chi connectivity index (χ3n) is 13.1. The van der Waals surface area contributed by atoms with Gasteiger partial charge in [-0.2, -0.15) is 13.9 Å². The van der Waals surface area contributed by atoms with Crippen molar-refractivity contribution in [2.24, 2.45) is 12.5 Å². The van der Waals surface area contributed by atoms with E-state index in [-0.39, 0.29) is 42.5 Å². The Kier molecular flexibility index (Phi) is 19.7. The van der Waals surface area contributed by atoms with Crippen molar-refractivity contribution in [3.05, 3.63) is 95.4 Å². The Morgan fingerprint density at radius 1 is 0.935 bits per heavy atom. The number of pyridine rings is 1. The maximum Gasteiger partial charge on any atom is 0.355 e. The van der Waals surface area contributed by atoms with Gasteiger partial charge in [0.25, 0.3) is 10.0 Å². The summed E-state index contributed by atoms with van der Waals surface area (Å²) in [4.78, 5) is 59.7.